The molecular weight excluding hydrogens is 368 g/mol. The van der Waals surface area contributed by atoms with Crippen molar-refractivity contribution in [2.24, 2.45) is 0 Å². The Morgan fingerprint density at radius 3 is 2.86 bits per heavy atom. The lowest BCUT2D eigenvalue weighted by atomic mass is 10.0. The summed E-state index contributed by atoms with van der Waals surface area (Å²) in [6.45, 7) is 5.76. The first-order chi connectivity index (χ1) is 14.0. The van der Waals surface area contributed by atoms with Crippen LogP contribution in [-0.2, 0) is 16.1 Å². The number of carbonyl (C=O) groups is 1. The first-order valence-electron chi connectivity index (χ1n) is 10.1. The summed E-state index contributed by atoms with van der Waals surface area (Å²) in [5.74, 6) is -0.0726. The Labute approximate surface area is 169 Å². The number of nitrogens with zero attached hydrogens (tertiary/aromatic N) is 3. The van der Waals surface area contributed by atoms with Gasteiger partial charge in [0.2, 0.25) is 5.91 Å². The molecule has 1 aliphatic heterocycles. The molecule has 1 aliphatic rings. The molecule has 0 spiro atoms. The Morgan fingerprint density at radius 2 is 2.10 bits per heavy atom. The summed E-state index contributed by atoms with van der Waals surface area (Å²) in [5.41, 5.74) is 4.50. The fraction of sp³-hybridized carbons (Fsp3) is 0.409. The Bertz CT molecular complexity index is 1090. The van der Waals surface area contributed by atoms with Crippen molar-refractivity contribution < 1.29 is 9.53 Å². The predicted octanol–water partition coefficient (Wildman–Crippen LogP) is 2.47. The largest absolute Gasteiger partial charge is 0.376 e. The number of ether oxygens (including phenoxy) is 1. The maximum absolute atomic E-state index is 12.8. The molecule has 0 bridgehead atoms. The number of hydrogen-bond donors (Lipinski definition) is 1. The quantitative estimate of drug-likeness (QED) is 0.697. The van der Waals surface area contributed by atoms with Gasteiger partial charge in [0.25, 0.3) is 5.56 Å². The van der Waals surface area contributed by atoms with Gasteiger partial charge in [0.1, 0.15) is 5.52 Å². The second kappa shape index (κ2) is 8.21. The molecule has 0 saturated carbocycles. The third-order valence-corrected chi connectivity index (χ3v) is 5.54. The molecule has 3 aromatic rings. The molecule has 29 heavy (non-hydrogen) atoms. The van der Waals surface area contributed by atoms with E-state index in [1.54, 1.807) is 27.5 Å². The first-order valence-corrected chi connectivity index (χ1v) is 10.1. The molecule has 1 atom stereocenters. The summed E-state index contributed by atoms with van der Waals surface area (Å²) < 4.78 is 8.67. The van der Waals surface area contributed by atoms with Crippen LogP contribution in [0.1, 0.15) is 30.4 Å². The fourth-order valence-electron chi connectivity index (χ4n) is 3.59. The molecule has 1 fully saturated rings. The van der Waals surface area contributed by atoms with Crippen LogP contribution in [-0.4, -0.2) is 39.3 Å². The molecule has 1 amide bonds. The van der Waals surface area contributed by atoms with Gasteiger partial charge in [-0.05, 0) is 49.9 Å². The number of aromatic nitrogens is 3. The van der Waals surface area contributed by atoms with E-state index >= 15 is 0 Å². The smallest absolute Gasteiger partial charge is 0.276 e. The minimum absolute atomic E-state index is 0.0726. The van der Waals surface area contributed by atoms with Crippen LogP contribution in [0.5, 0.6) is 0 Å². The summed E-state index contributed by atoms with van der Waals surface area (Å²) in [6.07, 6.45) is 5.84. The number of aryl methyl sites for hydroxylation is 3. The zero-order valence-electron chi connectivity index (χ0n) is 16.9. The molecule has 2 aromatic heterocycles. The minimum Gasteiger partial charge on any atom is -0.376 e. The van der Waals surface area contributed by atoms with Gasteiger partial charge in [0.05, 0.1) is 11.8 Å². The first kappa shape index (κ1) is 19.4. The summed E-state index contributed by atoms with van der Waals surface area (Å²) in [4.78, 5) is 24.9. The number of amides is 1. The van der Waals surface area contributed by atoms with Crippen molar-refractivity contribution in [3.05, 3.63) is 58.1 Å². The number of carbonyl (C=O) groups excluding carboxylic acids is 1. The van der Waals surface area contributed by atoms with Gasteiger partial charge in [-0.25, -0.2) is 4.52 Å². The molecule has 1 N–H and O–H groups in total. The van der Waals surface area contributed by atoms with Crippen LogP contribution >= 0.6 is 0 Å². The van der Waals surface area contributed by atoms with E-state index in [1.807, 2.05) is 6.07 Å². The van der Waals surface area contributed by atoms with Gasteiger partial charge in [0.15, 0.2) is 0 Å². The highest BCUT2D eigenvalue weighted by Crippen LogP contribution is 2.21. The number of rotatable bonds is 6. The van der Waals surface area contributed by atoms with E-state index in [0.717, 1.165) is 30.7 Å². The molecule has 0 aliphatic carbocycles. The van der Waals surface area contributed by atoms with Crippen LogP contribution in [0.4, 0.5) is 0 Å². The van der Waals surface area contributed by atoms with Gasteiger partial charge in [-0.1, -0.05) is 12.1 Å². The Kier molecular flexibility index (Phi) is 5.49. The predicted molar refractivity (Wildman–Crippen MR) is 111 cm³/mol. The average Bonchev–Trinajstić information content (AvgIpc) is 3.38. The van der Waals surface area contributed by atoms with E-state index in [-0.39, 0.29) is 24.0 Å². The maximum atomic E-state index is 12.8. The van der Waals surface area contributed by atoms with Gasteiger partial charge in [-0.3, -0.25) is 9.59 Å². The van der Waals surface area contributed by atoms with E-state index in [0.29, 0.717) is 18.6 Å². The summed E-state index contributed by atoms with van der Waals surface area (Å²) in [6, 6.07) is 7.96. The van der Waals surface area contributed by atoms with Crippen molar-refractivity contribution in [1.29, 1.82) is 0 Å². The third-order valence-electron chi connectivity index (χ3n) is 5.54. The highest BCUT2D eigenvalue weighted by Gasteiger charge is 2.16. The Balaban J connectivity index is 1.46. The molecule has 0 radical (unpaired) electrons. The molecule has 1 saturated heterocycles. The lowest BCUT2D eigenvalue weighted by Gasteiger charge is -2.11. The molecule has 4 rings (SSSR count). The highest BCUT2D eigenvalue weighted by atomic mass is 16.5. The van der Waals surface area contributed by atoms with Crippen molar-refractivity contribution >= 4 is 11.4 Å². The van der Waals surface area contributed by atoms with Gasteiger partial charge >= 0.3 is 0 Å². The van der Waals surface area contributed by atoms with Crippen molar-refractivity contribution in [2.75, 3.05) is 13.2 Å². The van der Waals surface area contributed by atoms with Gasteiger partial charge in [0, 0.05) is 44.1 Å². The molecule has 152 valence electrons. The van der Waals surface area contributed by atoms with E-state index < -0.39 is 0 Å². The normalized spacial score (nSPS) is 16.4. The molecular formula is C22H26N4O3. The lowest BCUT2D eigenvalue weighted by molar-refractivity contribution is -0.121. The lowest BCUT2D eigenvalue weighted by Crippen LogP contribution is -2.33. The number of fused-ring (bicyclic) bond motifs is 1. The second-order valence-corrected chi connectivity index (χ2v) is 7.64. The topological polar surface area (TPSA) is 77.6 Å². The zero-order chi connectivity index (χ0) is 20.4. The van der Waals surface area contributed by atoms with Crippen LogP contribution in [0.15, 0.2) is 41.5 Å². The van der Waals surface area contributed by atoms with Crippen LogP contribution in [0.2, 0.25) is 0 Å². The van der Waals surface area contributed by atoms with Crippen molar-refractivity contribution in [3.8, 4) is 11.3 Å². The molecule has 0 unspecified atom stereocenters. The van der Waals surface area contributed by atoms with Crippen molar-refractivity contribution in [2.45, 2.75) is 45.8 Å². The van der Waals surface area contributed by atoms with Crippen LogP contribution in [0.3, 0.4) is 0 Å². The summed E-state index contributed by atoms with van der Waals surface area (Å²) in [7, 11) is 0. The van der Waals surface area contributed by atoms with Crippen molar-refractivity contribution in [1.82, 2.24) is 19.5 Å². The standard InChI is InChI=1S/C22H26N4O3/c1-15-5-6-17(12-16(15)2)19-13-20-22(28)25(9-10-26(20)24-19)8-7-21(27)23-14-18-4-3-11-29-18/h5-6,9-10,12-13,18H,3-4,7-8,11,14H2,1-2H3,(H,23,27)/t18-/m1/s1. The minimum atomic E-state index is -0.151. The van der Waals surface area contributed by atoms with E-state index in [4.69, 9.17) is 4.74 Å². The number of nitrogens with one attached hydrogen (secondary N) is 1. The maximum Gasteiger partial charge on any atom is 0.276 e. The van der Waals surface area contributed by atoms with Crippen LogP contribution in [0, 0.1) is 13.8 Å². The van der Waals surface area contributed by atoms with Crippen LogP contribution in [0.25, 0.3) is 16.8 Å². The van der Waals surface area contributed by atoms with Crippen LogP contribution < -0.4 is 10.9 Å². The van der Waals surface area contributed by atoms with Gasteiger partial charge in [-0.2, -0.15) is 5.10 Å². The van der Waals surface area contributed by atoms with Gasteiger partial charge < -0.3 is 14.6 Å². The van der Waals surface area contributed by atoms with E-state index in [1.165, 1.54) is 11.1 Å². The Morgan fingerprint density at radius 1 is 1.24 bits per heavy atom. The number of benzene rings is 1. The molecule has 3 heterocycles. The third kappa shape index (κ3) is 4.24. The Hall–Kier alpha value is -2.93. The van der Waals surface area contributed by atoms with E-state index in [9.17, 15) is 9.59 Å². The summed E-state index contributed by atoms with van der Waals surface area (Å²) in [5, 5.41) is 7.42. The molecule has 1 aromatic carbocycles. The van der Waals surface area contributed by atoms with E-state index in [2.05, 4.69) is 36.4 Å². The molecule has 7 heteroatoms. The number of hydrogen-bond acceptors (Lipinski definition) is 4. The van der Waals surface area contributed by atoms with Crippen molar-refractivity contribution in [3.63, 3.8) is 0 Å². The summed E-state index contributed by atoms with van der Waals surface area (Å²) >= 11 is 0. The average molecular weight is 394 g/mol. The molecule has 7 nitrogen and oxygen atoms in total. The second-order valence-electron chi connectivity index (χ2n) is 7.64. The zero-order valence-corrected chi connectivity index (χ0v) is 16.9. The fourth-order valence-corrected chi connectivity index (χ4v) is 3.59. The highest BCUT2D eigenvalue weighted by molar-refractivity contribution is 5.75. The SMILES string of the molecule is Cc1ccc(-c2cc3c(=O)n(CCC(=O)NC[C@H]4CCCO4)ccn3n2)cc1C. The monoisotopic (exact) mass is 394 g/mol. The van der Waals surface area contributed by atoms with Gasteiger partial charge in [-0.15, -0.1) is 0 Å².